The SMILES string of the molecule is CC(C)(C#Cc1cccc2c1COCCN2c1nc2nncn2c2ccc(F)c(F)c12)C(F)(F)F. The van der Waals surface area contributed by atoms with Gasteiger partial charge >= 0.3 is 6.18 Å². The summed E-state index contributed by atoms with van der Waals surface area (Å²) in [5.74, 6) is 3.08. The zero-order chi connectivity index (χ0) is 25.0. The minimum Gasteiger partial charge on any atom is -0.375 e. The number of benzene rings is 2. The molecule has 0 saturated carbocycles. The number of hydrogen-bond donors (Lipinski definition) is 0. The van der Waals surface area contributed by atoms with E-state index < -0.39 is 23.2 Å². The van der Waals surface area contributed by atoms with E-state index in [9.17, 15) is 17.6 Å². The second-order valence-corrected chi connectivity index (χ2v) is 8.57. The van der Waals surface area contributed by atoms with Gasteiger partial charge in [0.25, 0.3) is 5.78 Å². The summed E-state index contributed by atoms with van der Waals surface area (Å²) in [5, 5.41) is 7.68. The third-order valence-corrected chi connectivity index (χ3v) is 5.91. The monoisotopic (exact) mass is 487 g/mol. The van der Waals surface area contributed by atoms with Gasteiger partial charge in [0.1, 0.15) is 17.6 Å². The summed E-state index contributed by atoms with van der Waals surface area (Å²) in [4.78, 5) is 6.09. The molecular weight excluding hydrogens is 469 g/mol. The van der Waals surface area contributed by atoms with Gasteiger partial charge in [-0.2, -0.15) is 18.2 Å². The number of hydrogen-bond acceptors (Lipinski definition) is 5. The highest BCUT2D eigenvalue weighted by atomic mass is 19.4. The lowest BCUT2D eigenvalue weighted by molar-refractivity contribution is -0.190. The third-order valence-electron chi connectivity index (χ3n) is 5.91. The molecule has 4 aromatic rings. The molecule has 0 bridgehead atoms. The first-order valence-electron chi connectivity index (χ1n) is 10.6. The number of alkyl halides is 3. The molecular formula is C24H18F5N5O. The summed E-state index contributed by atoms with van der Waals surface area (Å²) in [6, 6.07) is 7.36. The lowest BCUT2D eigenvalue weighted by Gasteiger charge is -2.25. The van der Waals surface area contributed by atoms with Gasteiger partial charge in [-0.3, -0.25) is 4.40 Å². The van der Waals surface area contributed by atoms with Crippen LogP contribution in [0.2, 0.25) is 0 Å². The summed E-state index contributed by atoms with van der Waals surface area (Å²) in [7, 11) is 0. The van der Waals surface area contributed by atoms with Crippen LogP contribution in [-0.4, -0.2) is 38.9 Å². The number of ether oxygens (including phenoxy) is 1. The van der Waals surface area contributed by atoms with Crippen LogP contribution in [0.1, 0.15) is 25.0 Å². The predicted molar refractivity (Wildman–Crippen MR) is 118 cm³/mol. The van der Waals surface area contributed by atoms with Gasteiger partial charge in [-0.15, -0.1) is 10.2 Å². The number of nitrogens with zero attached hydrogens (tertiary/aromatic N) is 5. The van der Waals surface area contributed by atoms with Gasteiger partial charge in [0.2, 0.25) is 0 Å². The molecule has 0 amide bonds. The van der Waals surface area contributed by atoms with Crippen LogP contribution in [0.5, 0.6) is 0 Å². The van der Waals surface area contributed by atoms with Crippen molar-refractivity contribution in [3.05, 3.63) is 59.4 Å². The molecule has 0 radical (unpaired) electrons. The van der Waals surface area contributed by atoms with Gasteiger partial charge in [0, 0.05) is 23.4 Å². The van der Waals surface area contributed by atoms with Crippen molar-refractivity contribution >= 4 is 28.2 Å². The molecule has 0 N–H and O–H groups in total. The van der Waals surface area contributed by atoms with Gasteiger partial charge in [-0.25, -0.2) is 8.78 Å². The Hall–Kier alpha value is -3.78. The molecule has 0 saturated heterocycles. The molecule has 0 atom stereocenters. The van der Waals surface area contributed by atoms with E-state index in [0.29, 0.717) is 22.3 Å². The Bertz CT molecular complexity index is 1520. The smallest absolute Gasteiger partial charge is 0.375 e. The number of aromatic nitrogens is 4. The highest BCUT2D eigenvalue weighted by Gasteiger charge is 2.46. The molecule has 180 valence electrons. The summed E-state index contributed by atoms with van der Waals surface area (Å²) in [5.41, 5.74) is -0.545. The first-order valence-corrected chi connectivity index (χ1v) is 10.6. The van der Waals surface area contributed by atoms with Gasteiger partial charge in [0.15, 0.2) is 11.6 Å². The van der Waals surface area contributed by atoms with Crippen molar-refractivity contribution < 1.29 is 26.7 Å². The van der Waals surface area contributed by atoms with E-state index in [1.54, 1.807) is 23.1 Å². The van der Waals surface area contributed by atoms with Crippen LogP contribution in [0.4, 0.5) is 33.5 Å². The van der Waals surface area contributed by atoms with Crippen LogP contribution in [-0.2, 0) is 11.3 Å². The van der Waals surface area contributed by atoms with Gasteiger partial charge in [-0.1, -0.05) is 17.9 Å². The summed E-state index contributed by atoms with van der Waals surface area (Å²) >= 11 is 0. The Morgan fingerprint density at radius 3 is 2.66 bits per heavy atom. The Balaban J connectivity index is 1.73. The van der Waals surface area contributed by atoms with Gasteiger partial charge in [0.05, 0.1) is 24.1 Å². The number of rotatable bonds is 1. The highest BCUT2D eigenvalue weighted by molar-refractivity contribution is 5.94. The minimum absolute atomic E-state index is 0.0745. The standard InChI is InChI=1S/C24H18F5N5O/c1-23(2,24(27,28)29)9-8-14-4-3-5-17-15(14)12-35-11-10-33(17)21-19-18(7-6-16(25)20(19)26)34-13-30-32-22(34)31-21/h3-7,13H,10-12H2,1-2H3. The van der Waals surface area contributed by atoms with E-state index in [4.69, 9.17) is 4.74 Å². The van der Waals surface area contributed by atoms with E-state index in [0.717, 1.165) is 19.9 Å². The largest absolute Gasteiger partial charge is 0.404 e. The fraction of sp³-hybridized carbons (Fsp3) is 0.292. The number of halogens is 5. The molecule has 35 heavy (non-hydrogen) atoms. The van der Waals surface area contributed by atoms with Crippen LogP contribution in [0.25, 0.3) is 16.7 Å². The van der Waals surface area contributed by atoms with Crippen molar-refractivity contribution in [2.75, 3.05) is 18.1 Å². The van der Waals surface area contributed by atoms with Crippen LogP contribution >= 0.6 is 0 Å². The van der Waals surface area contributed by atoms with E-state index in [1.807, 2.05) is 0 Å². The van der Waals surface area contributed by atoms with E-state index in [-0.39, 0.29) is 36.7 Å². The molecule has 2 aromatic carbocycles. The molecule has 0 aliphatic carbocycles. The number of fused-ring (bicyclic) bond motifs is 4. The van der Waals surface area contributed by atoms with Crippen molar-refractivity contribution in [2.45, 2.75) is 26.6 Å². The maximum Gasteiger partial charge on any atom is 0.404 e. The normalized spacial score (nSPS) is 14.5. The third kappa shape index (κ3) is 3.83. The molecule has 2 aromatic heterocycles. The zero-order valence-electron chi connectivity index (χ0n) is 18.6. The van der Waals surface area contributed by atoms with Crippen molar-refractivity contribution in [1.29, 1.82) is 0 Å². The average molecular weight is 487 g/mol. The molecule has 1 aliphatic rings. The molecule has 0 spiro atoms. The van der Waals surface area contributed by atoms with Crippen molar-refractivity contribution in [1.82, 2.24) is 19.6 Å². The quantitative estimate of drug-likeness (QED) is 0.274. The van der Waals surface area contributed by atoms with E-state index in [1.165, 1.54) is 16.8 Å². The Kier molecular flexibility index (Phi) is 5.36. The summed E-state index contributed by atoms with van der Waals surface area (Å²) in [6.45, 7) is 2.51. The van der Waals surface area contributed by atoms with Crippen LogP contribution in [0, 0.1) is 28.9 Å². The second-order valence-electron chi connectivity index (χ2n) is 8.57. The van der Waals surface area contributed by atoms with Crippen LogP contribution < -0.4 is 4.90 Å². The lowest BCUT2D eigenvalue weighted by atomic mass is 9.92. The summed E-state index contributed by atoms with van der Waals surface area (Å²) in [6.07, 6.45) is -3.16. The Morgan fingerprint density at radius 2 is 1.89 bits per heavy atom. The van der Waals surface area contributed by atoms with E-state index >= 15 is 4.39 Å². The predicted octanol–water partition coefficient (Wildman–Crippen LogP) is 5.16. The first-order chi connectivity index (χ1) is 16.6. The van der Waals surface area contributed by atoms with Crippen molar-refractivity contribution in [2.24, 2.45) is 5.41 Å². The maximum atomic E-state index is 15.1. The molecule has 11 heteroatoms. The minimum atomic E-state index is -4.51. The van der Waals surface area contributed by atoms with E-state index in [2.05, 4.69) is 27.0 Å². The van der Waals surface area contributed by atoms with Crippen molar-refractivity contribution in [3.8, 4) is 11.8 Å². The molecule has 0 unspecified atom stereocenters. The Labute approximate surface area is 196 Å². The fourth-order valence-electron chi connectivity index (χ4n) is 3.84. The van der Waals surface area contributed by atoms with Gasteiger partial charge < -0.3 is 9.64 Å². The lowest BCUT2D eigenvalue weighted by Crippen LogP contribution is -2.30. The molecule has 6 nitrogen and oxygen atoms in total. The first kappa shape index (κ1) is 23.0. The Morgan fingerprint density at radius 1 is 1.09 bits per heavy atom. The highest BCUT2D eigenvalue weighted by Crippen LogP contribution is 2.39. The average Bonchev–Trinajstić information content (AvgIpc) is 3.17. The second kappa shape index (κ2) is 8.16. The molecule has 3 heterocycles. The maximum absolute atomic E-state index is 15.1. The molecule has 0 fully saturated rings. The summed E-state index contributed by atoms with van der Waals surface area (Å²) < 4.78 is 76.5. The topological polar surface area (TPSA) is 55.5 Å². The van der Waals surface area contributed by atoms with Crippen molar-refractivity contribution in [3.63, 3.8) is 0 Å². The van der Waals surface area contributed by atoms with Gasteiger partial charge in [-0.05, 0) is 38.1 Å². The fourth-order valence-corrected chi connectivity index (χ4v) is 3.84. The zero-order valence-corrected chi connectivity index (χ0v) is 18.6. The molecule has 1 aliphatic heterocycles. The number of anilines is 2. The van der Waals surface area contributed by atoms with Crippen LogP contribution in [0.15, 0.2) is 36.7 Å². The molecule has 5 rings (SSSR count). The van der Waals surface area contributed by atoms with Crippen LogP contribution in [0.3, 0.4) is 0 Å².